The Balaban J connectivity index is 0.00000128. The van der Waals surface area contributed by atoms with Gasteiger partial charge in [0.2, 0.25) is 0 Å². The lowest BCUT2D eigenvalue weighted by Crippen LogP contribution is -2.24. The fourth-order valence-electron chi connectivity index (χ4n) is 2.15. The summed E-state index contributed by atoms with van der Waals surface area (Å²) in [7, 11) is 9.85. The smallest absolute Gasteiger partial charge is 0.116 e. The third-order valence-electron chi connectivity index (χ3n) is 3.47. The van der Waals surface area contributed by atoms with Crippen LogP contribution in [0.3, 0.4) is 0 Å². The number of ether oxygens (including phenoxy) is 1. The van der Waals surface area contributed by atoms with Gasteiger partial charge in [-0.1, -0.05) is 38.9 Å². The Morgan fingerprint density at radius 1 is 1.38 bits per heavy atom. The van der Waals surface area contributed by atoms with Crippen molar-refractivity contribution in [2.24, 2.45) is 0 Å². The van der Waals surface area contributed by atoms with Crippen LogP contribution in [0.2, 0.25) is 0 Å². The van der Waals surface area contributed by atoms with Crippen molar-refractivity contribution >= 4 is 18.9 Å². The fourth-order valence-corrected chi connectivity index (χ4v) is 2.15. The zero-order valence-electron chi connectivity index (χ0n) is 13.3. The topological polar surface area (TPSA) is 25.4 Å². The third-order valence-corrected chi connectivity index (χ3v) is 3.47. The van der Waals surface area contributed by atoms with E-state index in [1.165, 1.54) is 5.57 Å². The van der Waals surface area contributed by atoms with E-state index in [4.69, 9.17) is 12.6 Å². The van der Waals surface area contributed by atoms with E-state index in [1.54, 1.807) is 7.11 Å². The molecule has 0 bridgehead atoms. The van der Waals surface area contributed by atoms with Gasteiger partial charge in [-0.25, -0.2) is 0 Å². The van der Waals surface area contributed by atoms with Gasteiger partial charge in [0, 0.05) is 26.4 Å². The number of nitrogens with zero attached hydrogens (tertiary/aromatic N) is 2. The van der Waals surface area contributed by atoms with E-state index in [0.29, 0.717) is 5.46 Å². The van der Waals surface area contributed by atoms with Crippen molar-refractivity contribution in [3.8, 4) is 0 Å². The van der Waals surface area contributed by atoms with Gasteiger partial charge < -0.3 is 9.64 Å². The van der Waals surface area contributed by atoms with Crippen molar-refractivity contribution in [2.75, 3.05) is 27.2 Å². The Kier molecular flexibility index (Phi) is 9.22. The number of likely N-dealkylation sites (N-methyl/N-ethyl adjacent to an activating group) is 1. The molecule has 2 rings (SSSR count). The van der Waals surface area contributed by atoms with Gasteiger partial charge in [-0.3, -0.25) is 4.98 Å². The average Bonchev–Trinajstić information content (AvgIpc) is 2.49. The molecule has 1 aromatic heterocycles. The predicted molar refractivity (Wildman–Crippen MR) is 93.2 cm³/mol. The molecule has 1 aromatic rings. The Labute approximate surface area is 131 Å². The summed E-state index contributed by atoms with van der Waals surface area (Å²) in [6.07, 6.45) is 5.14. The first-order valence-corrected chi connectivity index (χ1v) is 7.28. The van der Waals surface area contributed by atoms with Crippen molar-refractivity contribution < 1.29 is 4.74 Å². The quantitative estimate of drug-likeness (QED) is 0.800. The monoisotopic (exact) mass is 288 g/mol. The minimum atomic E-state index is -0.0643. The van der Waals surface area contributed by atoms with E-state index < -0.39 is 0 Å². The van der Waals surface area contributed by atoms with Gasteiger partial charge in [0.1, 0.15) is 7.85 Å². The van der Waals surface area contributed by atoms with Crippen LogP contribution in [-0.4, -0.2) is 45.0 Å². The summed E-state index contributed by atoms with van der Waals surface area (Å²) >= 11 is 0. The van der Waals surface area contributed by atoms with E-state index >= 15 is 0 Å². The molecule has 0 spiro atoms. The molecule has 1 aliphatic rings. The molecular weight excluding hydrogens is 259 g/mol. The Bertz CT molecular complexity index is 460. The van der Waals surface area contributed by atoms with Crippen LogP contribution in [0.1, 0.15) is 52.0 Å². The Morgan fingerprint density at radius 3 is 2.52 bits per heavy atom. The summed E-state index contributed by atoms with van der Waals surface area (Å²) in [4.78, 5) is 6.73. The van der Waals surface area contributed by atoms with Gasteiger partial charge in [-0.05, 0) is 31.5 Å². The maximum atomic E-state index is 6.05. The standard InChI is InChI=1S/C14H19BN2O.C2H6.CH4/c1-10(18-3)14-13(15)8-12(9-16-14)11-4-6-17(2)7-5-11;1-2;/h4,8-10H,5-7H2,1-3H3;1-2H3;1H4. The highest BCUT2D eigenvalue weighted by molar-refractivity contribution is 6.33. The summed E-state index contributed by atoms with van der Waals surface area (Å²) in [5.74, 6) is 0. The summed E-state index contributed by atoms with van der Waals surface area (Å²) in [6, 6.07) is 2.01. The molecule has 2 heterocycles. The number of hydrogen-bond donors (Lipinski definition) is 0. The number of pyridine rings is 1. The van der Waals surface area contributed by atoms with Gasteiger partial charge >= 0.3 is 0 Å². The summed E-state index contributed by atoms with van der Waals surface area (Å²) in [5.41, 5.74) is 3.99. The lowest BCUT2D eigenvalue weighted by Gasteiger charge is -2.22. The second kappa shape index (κ2) is 9.75. The zero-order chi connectivity index (χ0) is 15.1. The van der Waals surface area contributed by atoms with Crippen molar-refractivity contribution in [1.82, 2.24) is 9.88 Å². The maximum Gasteiger partial charge on any atom is 0.116 e. The molecule has 3 nitrogen and oxygen atoms in total. The Morgan fingerprint density at radius 2 is 2.05 bits per heavy atom. The molecule has 1 atom stereocenters. The molecule has 0 saturated heterocycles. The van der Waals surface area contributed by atoms with Crippen LogP contribution >= 0.6 is 0 Å². The lowest BCUT2D eigenvalue weighted by atomic mass is 9.88. The average molecular weight is 288 g/mol. The minimum Gasteiger partial charge on any atom is -0.375 e. The highest BCUT2D eigenvalue weighted by atomic mass is 16.5. The molecule has 0 saturated carbocycles. The van der Waals surface area contributed by atoms with Gasteiger partial charge in [0.05, 0.1) is 11.8 Å². The molecule has 0 N–H and O–H groups in total. The van der Waals surface area contributed by atoms with Gasteiger partial charge in [-0.15, -0.1) is 0 Å². The van der Waals surface area contributed by atoms with Gasteiger partial charge in [-0.2, -0.15) is 0 Å². The number of rotatable bonds is 3. The summed E-state index contributed by atoms with van der Waals surface area (Å²) in [5, 5.41) is 0. The van der Waals surface area contributed by atoms with Crippen LogP contribution in [0.25, 0.3) is 5.57 Å². The molecule has 0 fully saturated rings. The second-order valence-electron chi connectivity index (χ2n) is 4.82. The first kappa shape index (κ1) is 19.9. The number of methoxy groups -OCH3 is 1. The molecule has 21 heavy (non-hydrogen) atoms. The van der Waals surface area contributed by atoms with Crippen molar-refractivity contribution in [1.29, 1.82) is 0 Å². The molecule has 2 radical (unpaired) electrons. The first-order valence-electron chi connectivity index (χ1n) is 7.28. The highest BCUT2D eigenvalue weighted by Gasteiger charge is 2.13. The van der Waals surface area contributed by atoms with E-state index in [2.05, 4.69) is 23.0 Å². The maximum absolute atomic E-state index is 6.05. The van der Waals surface area contributed by atoms with Crippen LogP contribution in [0, 0.1) is 0 Å². The molecule has 0 aliphatic carbocycles. The van der Waals surface area contributed by atoms with E-state index in [1.807, 2.05) is 33.0 Å². The van der Waals surface area contributed by atoms with Crippen molar-refractivity contribution in [3.63, 3.8) is 0 Å². The van der Waals surface area contributed by atoms with Crippen LogP contribution in [-0.2, 0) is 4.74 Å². The lowest BCUT2D eigenvalue weighted by molar-refractivity contribution is 0.117. The molecule has 4 heteroatoms. The third kappa shape index (κ3) is 5.29. The molecular formula is C17H29BN2O. The van der Waals surface area contributed by atoms with E-state index in [-0.39, 0.29) is 13.5 Å². The SMILES string of the molecule is C.CC.[B]c1cc(C2=CCN(C)CC2)cnc1C(C)OC. The summed E-state index contributed by atoms with van der Waals surface area (Å²) in [6.45, 7) is 8.03. The largest absolute Gasteiger partial charge is 0.375 e. The molecule has 0 amide bonds. The van der Waals surface area contributed by atoms with Crippen LogP contribution in [0.5, 0.6) is 0 Å². The van der Waals surface area contributed by atoms with Crippen LogP contribution in [0.15, 0.2) is 18.3 Å². The minimum absolute atomic E-state index is 0. The molecule has 0 aromatic carbocycles. The highest BCUT2D eigenvalue weighted by Crippen LogP contribution is 2.21. The number of aromatic nitrogens is 1. The molecule has 116 valence electrons. The Hall–Kier alpha value is -1.13. The van der Waals surface area contributed by atoms with Crippen LogP contribution < -0.4 is 5.46 Å². The van der Waals surface area contributed by atoms with E-state index in [9.17, 15) is 0 Å². The summed E-state index contributed by atoms with van der Waals surface area (Å²) < 4.78 is 5.25. The van der Waals surface area contributed by atoms with Gasteiger partial charge in [0.15, 0.2) is 0 Å². The van der Waals surface area contributed by atoms with Crippen molar-refractivity contribution in [2.45, 2.75) is 40.7 Å². The molecule has 1 aliphatic heterocycles. The normalized spacial score (nSPS) is 16.1. The van der Waals surface area contributed by atoms with E-state index in [0.717, 1.165) is 30.8 Å². The first-order chi connectivity index (χ1) is 9.61. The zero-order valence-corrected chi connectivity index (χ0v) is 13.3. The number of hydrogen-bond acceptors (Lipinski definition) is 3. The molecule has 1 unspecified atom stereocenters. The fraction of sp³-hybridized carbons (Fsp3) is 0.588. The van der Waals surface area contributed by atoms with Crippen molar-refractivity contribution in [3.05, 3.63) is 29.6 Å². The van der Waals surface area contributed by atoms with Gasteiger partial charge in [0.25, 0.3) is 0 Å². The van der Waals surface area contributed by atoms with Crippen LogP contribution in [0.4, 0.5) is 0 Å². The second-order valence-corrected chi connectivity index (χ2v) is 4.82. The predicted octanol–water partition coefficient (Wildman–Crippen LogP) is 2.96.